The molecule has 1 fully saturated rings. The summed E-state index contributed by atoms with van der Waals surface area (Å²) >= 11 is 0. The number of ether oxygens (including phenoxy) is 1. The van der Waals surface area contributed by atoms with Gasteiger partial charge in [-0.1, -0.05) is 12.1 Å². The molecule has 0 amide bonds. The third-order valence-electron chi connectivity index (χ3n) is 5.21. The van der Waals surface area contributed by atoms with E-state index in [1.807, 2.05) is 7.11 Å². The summed E-state index contributed by atoms with van der Waals surface area (Å²) in [6.07, 6.45) is 4.64. The van der Waals surface area contributed by atoms with Crippen molar-refractivity contribution in [2.24, 2.45) is 5.92 Å². The minimum absolute atomic E-state index is 0.650. The lowest BCUT2D eigenvalue weighted by atomic mass is 9.72. The SMILES string of the molecule is COCC1C[C@@H]2c3cccc4[nH]cc(c34)C[C@H]2N(C)C1. The predicted octanol–water partition coefficient (Wildman–Crippen LogP) is 2.77. The van der Waals surface area contributed by atoms with Crippen LogP contribution in [0.15, 0.2) is 24.4 Å². The molecule has 1 aromatic heterocycles. The molecule has 3 atom stereocenters. The minimum Gasteiger partial charge on any atom is -0.384 e. The highest BCUT2D eigenvalue weighted by Gasteiger charge is 2.39. The Balaban J connectivity index is 1.79. The quantitative estimate of drug-likeness (QED) is 0.909. The predicted molar refractivity (Wildman–Crippen MR) is 81.1 cm³/mol. The van der Waals surface area contributed by atoms with Crippen molar-refractivity contribution in [1.82, 2.24) is 9.88 Å². The first kappa shape index (κ1) is 12.4. The fraction of sp³-hybridized carbons (Fsp3) is 0.529. The third-order valence-corrected chi connectivity index (χ3v) is 5.21. The molecule has 0 radical (unpaired) electrons. The van der Waals surface area contributed by atoms with Crippen LogP contribution in [0.25, 0.3) is 10.9 Å². The van der Waals surface area contributed by atoms with E-state index >= 15 is 0 Å². The van der Waals surface area contributed by atoms with Gasteiger partial charge in [0.2, 0.25) is 0 Å². The highest BCUT2D eigenvalue weighted by molar-refractivity contribution is 5.88. The Morgan fingerprint density at radius 2 is 2.30 bits per heavy atom. The second-order valence-corrected chi connectivity index (χ2v) is 6.46. The average molecular weight is 270 g/mol. The molecule has 0 bridgehead atoms. The molecule has 2 aromatic rings. The molecule has 1 aromatic carbocycles. The van der Waals surface area contributed by atoms with Crippen LogP contribution in [-0.2, 0) is 11.2 Å². The van der Waals surface area contributed by atoms with Gasteiger partial charge in [-0.05, 0) is 43.0 Å². The lowest BCUT2D eigenvalue weighted by molar-refractivity contribution is 0.0587. The van der Waals surface area contributed by atoms with E-state index in [4.69, 9.17) is 4.74 Å². The Morgan fingerprint density at radius 1 is 1.40 bits per heavy atom. The van der Waals surface area contributed by atoms with E-state index in [9.17, 15) is 0 Å². The molecule has 3 nitrogen and oxygen atoms in total. The van der Waals surface area contributed by atoms with Gasteiger partial charge in [0.05, 0.1) is 6.61 Å². The molecular formula is C17H22N2O. The molecule has 1 aliphatic carbocycles. The lowest BCUT2D eigenvalue weighted by Crippen LogP contribution is -2.48. The Morgan fingerprint density at radius 3 is 3.15 bits per heavy atom. The van der Waals surface area contributed by atoms with E-state index < -0.39 is 0 Å². The number of rotatable bonds is 2. The van der Waals surface area contributed by atoms with Gasteiger partial charge >= 0.3 is 0 Å². The molecule has 2 aliphatic rings. The molecule has 1 N–H and O–H groups in total. The Labute approximate surface area is 119 Å². The van der Waals surface area contributed by atoms with Gasteiger partial charge in [0.1, 0.15) is 0 Å². The number of aromatic nitrogens is 1. The maximum Gasteiger partial charge on any atom is 0.0502 e. The van der Waals surface area contributed by atoms with Crippen LogP contribution in [0.3, 0.4) is 0 Å². The van der Waals surface area contributed by atoms with Crippen LogP contribution in [-0.4, -0.2) is 43.2 Å². The van der Waals surface area contributed by atoms with Gasteiger partial charge in [0, 0.05) is 42.7 Å². The molecule has 1 aliphatic heterocycles. The standard InChI is InChI=1S/C17H22N2O/c1-19-9-11(10-20-2)6-14-13-4-3-5-15-17(13)12(8-18-15)7-16(14)19/h3-5,8,11,14,16,18H,6-7,9-10H2,1-2H3/t11?,14-,16-/m1/s1. The number of likely N-dealkylation sites (N-methyl/N-ethyl adjacent to an activating group) is 1. The fourth-order valence-electron chi connectivity index (χ4n) is 4.41. The highest BCUT2D eigenvalue weighted by atomic mass is 16.5. The molecule has 3 heteroatoms. The molecule has 20 heavy (non-hydrogen) atoms. The van der Waals surface area contributed by atoms with Crippen molar-refractivity contribution >= 4 is 10.9 Å². The summed E-state index contributed by atoms with van der Waals surface area (Å²) in [7, 11) is 4.09. The van der Waals surface area contributed by atoms with Gasteiger partial charge in [0.25, 0.3) is 0 Å². The first-order valence-corrected chi connectivity index (χ1v) is 7.56. The fourth-order valence-corrected chi connectivity index (χ4v) is 4.41. The Bertz CT molecular complexity index is 633. The smallest absolute Gasteiger partial charge is 0.0502 e. The number of nitrogens with zero attached hydrogens (tertiary/aromatic N) is 1. The number of hydrogen-bond donors (Lipinski definition) is 1. The topological polar surface area (TPSA) is 28.3 Å². The second kappa shape index (κ2) is 4.61. The lowest BCUT2D eigenvalue weighted by Gasteiger charge is -2.45. The summed E-state index contributed by atoms with van der Waals surface area (Å²) in [4.78, 5) is 5.99. The first-order valence-electron chi connectivity index (χ1n) is 7.56. The second-order valence-electron chi connectivity index (χ2n) is 6.46. The van der Waals surface area contributed by atoms with Crippen molar-refractivity contribution in [2.45, 2.75) is 24.8 Å². The number of benzene rings is 1. The molecule has 1 unspecified atom stereocenters. The van der Waals surface area contributed by atoms with E-state index in [1.54, 1.807) is 5.56 Å². The number of fused-ring (bicyclic) bond motifs is 2. The van der Waals surface area contributed by atoms with Crippen LogP contribution in [0, 0.1) is 5.92 Å². The number of piperidine rings is 1. The van der Waals surface area contributed by atoms with Crippen LogP contribution in [0.2, 0.25) is 0 Å². The van der Waals surface area contributed by atoms with Gasteiger partial charge in [-0.2, -0.15) is 0 Å². The van der Waals surface area contributed by atoms with E-state index in [0.717, 1.165) is 13.2 Å². The molecule has 0 saturated carbocycles. The largest absolute Gasteiger partial charge is 0.384 e. The van der Waals surface area contributed by atoms with Crippen LogP contribution in [0.4, 0.5) is 0 Å². The monoisotopic (exact) mass is 270 g/mol. The number of aromatic amines is 1. The number of likely N-dealkylation sites (tertiary alicyclic amines) is 1. The van der Waals surface area contributed by atoms with E-state index in [2.05, 4.69) is 41.3 Å². The van der Waals surface area contributed by atoms with Crippen molar-refractivity contribution in [3.05, 3.63) is 35.5 Å². The van der Waals surface area contributed by atoms with Gasteiger partial charge in [-0.3, -0.25) is 0 Å². The molecular weight excluding hydrogens is 248 g/mol. The maximum atomic E-state index is 5.40. The van der Waals surface area contributed by atoms with E-state index in [1.165, 1.54) is 29.3 Å². The van der Waals surface area contributed by atoms with Crippen LogP contribution >= 0.6 is 0 Å². The molecule has 0 spiro atoms. The van der Waals surface area contributed by atoms with E-state index in [0.29, 0.717) is 17.9 Å². The van der Waals surface area contributed by atoms with Crippen LogP contribution in [0.1, 0.15) is 23.5 Å². The Hall–Kier alpha value is -1.32. The van der Waals surface area contributed by atoms with Gasteiger partial charge < -0.3 is 14.6 Å². The number of hydrogen-bond acceptors (Lipinski definition) is 2. The van der Waals surface area contributed by atoms with Gasteiger partial charge in [-0.25, -0.2) is 0 Å². The number of methoxy groups -OCH3 is 1. The number of H-pyrrole nitrogens is 1. The van der Waals surface area contributed by atoms with Crippen molar-refractivity contribution < 1.29 is 4.74 Å². The van der Waals surface area contributed by atoms with Crippen molar-refractivity contribution in [3.8, 4) is 0 Å². The zero-order valence-corrected chi connectivity index (χ0v) is 12.2. The molecule has 106 valence electrons. The summed E-state index contributed by atoms with van der Waals surface area (Å²) in [5.41, 5.74) is 4.34. The normalized spacial score (nSPS) is 29.6. The summed E-state index contributed by atoms with van der Waals surface area (Å²) < 4.78 is 5.40. The van der Waals surface area contributed by atoms with E-state index in [-0.39, 0.29) is 0 Å². The minimum atomic E-state index is 0.650. The van der Waals surface area contributed by atoms with Crippen LogP contribution < -0.4 is 0 Å². The summed E-state index contributed by atoms with van der Waals surface area (Å²) in [5.74, 6) is 1.31. The summed E-state index contributed by atoms with van der Waals surface area (Å²) in [6, 6.07) is 7.37. The van der Waals surface area contributed by atoms with Gasteiger partial charge in [-0.15, -0.1) is 0 Å². The van der Waals surface area contributed by atoms with Crippen molar-refractivity contribution in [2.75, 3.05) is 27.3 Å². The van der Waals surface area contributed by atoms with Crippen molar-refractivity contribution in [3.63, 3.8) is 0 Å². The number of nitrogens with one attached hydrogen (secondary N) is 1. The van der Waals surface area contributed by atoms with Crippen LogP contribution in [0.5, 0.6) is 0 Å². The van der Waals surface area contributed by atoms with Crippen molar-refractivity contribution in [1.29, 1.82) is 0 Å². The zero-order chi connectivity index (χ0) is 13.7. The highest BCUT2D eigenvalue weighted by Crippen LogP contribution is 2.44. The first-order chi connectivity index (χ1) is 9.78. The zero-order valence-electron chi connectivity index (χ0n) is 12.2. The van der Waals surface area contributed by atoms with Gasteiger partial charge in [0.15, 0.2) is 0 Å². The molecule has 2 heterocycles. The Kier molecular flexibility index (Phi) is 2.86. The summed E-state index contributed by atoms with van der Waals surface area (Å²) in [5, 5.41) is 1.49. The molecule has 1 saturated heterocycles. The third kappa shape index (κ3) is 1.73. The summed E-state index contributed by atoms with van der Waals surface area (Å²) in [6.45, 7) is 2.04. The maximum absolute atomic E-state index is 5.40. The molecule has 4 rings (SSSR count). The average Bonchev–Trinajstić information content (AvgIpc) is 2.86.